The molecule has 40 heavy (non-hydrogen) atoms. The first-order valence-corrected chi connectivity index (χ1v) is 12.8. The van der Waals surface area contributed by atoms with E-state index in [1.807, 2.05) is 0 Å². The van der Waals surface area contributed by atoms with Crippen molar-refractivity contribution in [2.24, 2.45) is 0 Å². The Bertz CT molecular complexity index is 1580. The van der Waals surface area contributed by atoms with Gasteiger partial charge in [0.2, 0.25) is 0 Å². The molecule has 0 radical (unpaired) electrons. The van der Waals surface area contributed by atoms with Gasteiger partial charge in [-0.3, -0.25) is 14.7 Å². The van der Waals surface area contributed by atoms with Gasteiger partial charge in [-0.05, 0) is 42.3 Å². The second kappa shape index (κ2) is 12.1. The number of methoxy groups -OCH3 is 1. The molecule has 0 unspecified atom stereocenters. The van der Waals surface area contributed by atoms with Crippen LogP contribution in [0.3, 0.4) is 0 Å². The number of carboxylic acid groups (broad SMARTS) is 1. The predicted octanol–water partition coefficient (Wildman–Crippen LogP) is 4.33. The van der Waals surface area contributed by atoms with E-state index in [0.29, 0.717) is 34.8 Å². The fourth-order valence-corrected chi connectivity index (χ4v) is 4.59. The predicted molar refractivity (Wildman–Crippen MR) is 145 cm³/mol. The van der Waals surface area contributed by atoms with Crippen molar-refractivity contribution in [1.29, 1.82) is 0 Å². The quantitative estimate of drug-likeness (QED) is 0.278. The molecule has 0 spiro atoms. The van der Waals surface area contributed by atoms with Crippen molar-refractivity contribution in [2.45, 2.75) is 6.42 Å². The van der Waals surface area contributed by atoms with Crippen LogP contribution in [0.25, 0.3) is 22.0 Å². The number of hydrogen-bond acceptors (Lipinski definition) is 8. The van der Waals surface area contributed by atoms with Gasteiger partial charge in [-0.25, -0.2) is 9.18 Å². The molecule has 2 N–H and O–H groups in total. The summed E-state index contributed by atoms with van der Waals surface area (Å²) in [6.45, 7) is 4.77. The third-order valence-electron chi connectivity index (χ3n) is 6.60. The summed E-state index contributed by atoms with van der Waals surface area (Å²) in [6.07, 6.45) is 3.71. The summed E-state index contributed by atoms with van der Waals surface area (Å²) in [5.74, 6) is -0.842. The number of halogens is 1. The Labute approximate surface area is 228 Å². The van der Waals surface area contributed by atoms with Gasteiger partial charge < -0.3 is 29.0 Å². The number of ether oxygens (including phenoxy) is 4. The van der Waals surface area contributed by atoms with Crippen molar-refractivity contribution >= 4 is 16.9 Å². The number of nitrogens with one attached hydrogen (secondary N) is 1. The average Bonchev–Trinajstić information content (AvgIpc) is 2.96. The Hall–Kier alpha value is -4.48. The molecular weight excluding hydrogens is 521 g/mol. The molecule has 10 nitrogen and oxygen atoms in total. The molecule has 11 heteroatoms. The van der Waals surface area contributed by atoms with Crippen LogP contribution < -0.4 is 19.8 Å². The molecule has 3 heterocycles. The lowest BCUT2D eigenvalue weighted by Crippen LogP contribution is -2.37. The van der Waals surface area contributed by atoms with E-state index in [-0.39, 0.29) is 16.9 Å². The number of H-pyrrole nitrogens is 1. The maximum absolute atomic E-state index is 15.1. The van der Waals surface area contributed by atoms with E-state index in [9.17, 15) is 14.7 Å². The molecule has 1 saturated heterocycles. The van der Waals surface area contributed by atoms with Gasteiger partial charge >= 0.3 is 5.97 Å². The summed E-state index contributed by atoms with van der Waals surface area (Å²) in [6, 6.07) is 10.5. The zero-order valence-corrected chi connectivity index (χ0v) is 21.8. The lowest BCUT2D eigenvalue weighted by molar-refractivity contribution is 0.0357. The number of nitrogens with zero attached hydrogens (tertiary/aromatic N) is 2. The number of carbonyl (C=O) groups is 1. The third kappa shape index (κ3) is 5.90. The highest BCUT2D eigenvalue weighted by molar-refractivity contribution is 5.95. The van der Waals surface area contributed by atoms with Gasteiger partial charge in [0, 0.05) is 49.0 Å². The second-order valence-corrected chi connectivity index (χ2v) is 9.13. The summed E-state index contributed by atoms with van der Waals surface area (Å²) >= 11 is 0. The van der Waals surface area contributed by atoms with Gasteiger partial charge in [-0.1, -0.05) is 6.07 Å². The molecule has 2 aromatic carbocycles. The van der Waals surface area contributed by atoms with Crippen molar-refractivity contribution in [1.82, 2.24) is 14.9 Å². The van der Waals surface area contributed by atoms with E-state index in [0.717, 1.165) is 45.3 Å². The van der Waals surface area contributed by atoms with E-state index in [2.05, 4.69) is 14.9 Å². The van der Waals surface area contributed by atoms with Crippen LogP contribution in [0.4, 0.5) is 4.39 Å². The van der Waals surface area contributed by atoms with Crippen LogP contribution in [0.15, 0.2) is 59.7 Å². The molecule has 4 aromatic rings. The van der Waals surface area contributed by atoms with Gasteiger partial charge in [-0.2, -0.15) is 0 Å². The van der Waals surface area contributed by atoms with Crippen LogP contribution in [0.1, 0.15) is 16.8 Å². The minimum atomic E-state index is -1.41. The second-order valence-electron chi connectivity index (χ2n) is 9.13. The summed E-state index contributed by atoms with van der Waals surface area (Å²) < 4.78 is 38.0. The molecule has 5 rings (SSSR count). The van der Waals surface area contributed by atoms with Crippen LogP contribution in [0.2, 0.25) is 0 Å². The Kier molecular flexibility index (Phi) is 8.23. The Morgan fingerprint density at radius 2 is 1.93 bits per heavy atom. The van der Waals surface area contributed by atoms with Gasteiger partial charge in [0.05, 0.1) is 32.4 Å². The number of fused-ring (bicyclic) bond motifs is 1. The summed E-state index contributed by atoms with van der Waals surface area (Å²) in [7, 11) is 1.54. The Morgan fingerprint density at radius 3 is 2.67 bits per heavy atom. The zero-order chi connectivity index (χ0) is 28.1. The smallest absolute Gasteiger partial charge is 0.341 e. The molecule has 1 aliphatic heterocycles. The molecule has 208 valence electrons. The number of aromatic carboxylic acids is 1. The van der Waals surface area contributed by atoms with Gasteiger partial charge in [0.25, 0.3) is 5.56 Å². The number of hydrogen-bond donors (Lipinski definition) is 2. The van der Waals surface area contributed by atoms with E-state index in [4.69, 9.17) is 18.9 Å². The molecule has 0 amide bonds. The average molecular weight is 550 g/mol. The fraction of sp³-hybridized carbons (Fsp3) is 0.276. The molecular formula is C29H28FN3O7. The van der Waals surface area contributed by atoms with Crippen molar-refractivity contribution in [2.75, 3.05) is 46.6 Å². The molecule has 0 bridgehead atoms. The number of carboxylic acids is 1. The molecule has 0 saturated carbocycles. The molecule has 0 aliphatic carbocycles. The Morgan fingerprint density at radius 1 is 1.10 bits per heavy atom. The number of aromatic amines is 1. The van der Waals surface area contributed by atoms with Crippen LogP contribution >= 0.6 is 0 Å². The highest BCUT2D eigenvalue weighted by atomic mass is 19.1. The number of aromatic nitrogens is 2. The topological polar surface area (TPSA) is 123 Å². The van der Waals surface area contributed by atoms with Crippen molar-refractivity contribution < 1.29 is 33.2 Å². The SMILES string of the molecule is COc1cc2c(Oc3ccc(-c4cc[nH]c(=O)c4C(=O)O)cc3F)ccnc2cc1OCCCN1CCOCC1. The van der Waals surface area contributed by atoms with Crippen molar-refractivity contribution in [3.8, 4) is 34.1 Å². The maximum Gasteiger partial charge on any atom is 0.341 e. The Balaban J connectivity index is 1.35. The highest BCUT2D eigenvalue weighted by Crippen LogP contribution is 2.38. The van der Waals surface area contributed by atoms with Crippen LogP contribution in [-0.4, -0.2) is 72.5 Å². The van der Waals surface area contributed by atoms with Crippen molar-refractivity contribution in [3.63, 3.8) is 0 Å². The van der Waals surface area contributed by atoms with Gasteiger partial charge in [0.15, 0.2) is 23.1 Å². The van der Waals surface area contributed by atoms with Crippen molar-refractivity contribution in [3.05, 3.63) is 76.6 Å². The van der Waals surface area contributed by atoms with Crippen LogP contribution in [-0.2, 0) is 4.74 Å². The first-order valence-electron chi connectivity index (χ1n) is 12.8. The summed E-state index contributed by atoms with van der Waals surface area (Å²) in [5.41, 5.74) is -0.346. The molecule has 2 aromatic heterocycles. The maximum atomic E-state index is 15.1. The van der Waals surface area contributed by atoms with Crippen LogP contribution in [0, 0.1) is 5.82 Å². The summed E-state index contributed by atoms with van der Waals surface area (Å²) in [4.78, 5) is 32.7. The third-order valence-corrected chi connectivity index (χ3v) is 6.60. The number of pyridine rings is 2. The lowest BCUT2D eigenvalue weighted by atomic mass is 10.0. The number of rotatable bonds is 10. The summed E-state index contributed by atoms with van der Waals surface area (Å²) in [5, 5.41) is 10.0. The zero-order valence-electron chi connectivity index (χ0n) is 21.8. The van der Waals surface area contributed by atoms with E-state index in [1.54, 1.807) is 24.4 Å². The van der Waals surface area contributed by atoms with Crippen LogP contribution in [0.5, 0.6) is 23.0 Å². The number of morpholine rings is 1. The fourth-order valence-electron chi connectivity index (χ4n) is 4.59. The molecule has 0 atom stereocenters. The van der Waals surface area contributed by atoms with E-state index < -0.39 is 22.9 Å². The highest BCUT2D eigenvalue weighted by Gasteiger charge is 2.19. The van der Waals surface area contributed by atoms with E-state index >= 15 is 4.39 Å². The number of benzene rings is 2. The largest absolute Gasteiger partial charge is 0.493 e. The lowest BCUT2D eigenvalue weighted by Gasteiger charge is -2.26. The normalized spacial score (nSPS) is 13.8. The van der Waals surface area contributed by atoms with Gasteiger partial charge in [-0.15, -0.1) is 0 Å². The monoisotopic (exact) mass is 549 g/mol. The minimum Gasteiger partial charge on any atom is -0.493 e. The van der Waals surface area contributed by atoms with Gasteiger partial charge in [0.1, 0.15) is 11.3 Å². The molecule has 1 aliphatic rings. The van der Waals surface area contributed by atoms with E-state index in [1.165, 1.54) is 31.5 Å². The molecule has 1 fully saturated rings. The minimum absolute atomic E-state index is 0.0830. The first-order chi connectivity index (χ1) is 19.4. The standard InChI is InChI=1S/C29H28FN3O7/c1-37-25-16-20-22(17-26(25)39-12-2-9-33-10-13-38-14-11-33)31-8-6-23(20)40-24-4-3-18(15-21(24)30)19-5-7-32-28(34)27(19)29(35)36/h3-8,15-17H,2,9-14H2,1H3,(H,32,34)(H,35,36). The first kappa shape index (κ1) is 27.1.